The average molecular weight is 269 g/mol. The van der Waals surface area contributed by atoms with Gasteiger partial charge in [-0.15, -0.1) is 12.4 Å². The Kier molecular flexibility index (Phi) is 4.63. The van der Waals surface area contributed by atoms with Gasteiger partial charge in [0.1, 0.15) is 0 Å². The number of nitrogens with two attached hydrogens (primary N) is 1. The van der Waals surface area contributed by atoms with Crippen LogP contribution in [-0.2, 0) is 10.0 Å². The summed E-state index contributed by atoms with van der Waals surface area (Å²) in [5.74, 6) is 0.340. The van der Waals surface area contributed by atoms with Crippen molar-refractivity contribution < 1.29 is 8.42 Å². The molecule has 4 nitrogen and oxygen atoms in total. The number of hydrogen-bond donors (Lipinski definition) is 1. The summed E-state index contributed by atoms with van der Waals surface area (Å²) in [6, 6.07) is 0.0993. The molecular weight excluding hydrogens is 248 g/mol. The average Bonchev–Trinajstić information content (AvgIpc) is 3.01. The minimum absolute atomic E-state index is 0. The number of rotatable bonds is 3. The van der Waals surface area contributed by atoms with E-state index in [1.165, 1.54) is 0 Å². The van der Waals surface area contributed by atoms with Gasteiger partial charge < -0.3 is 5.73 Å². The first kappa shape index (κ1) is 14.2. The van der Waals surface area contributed by atoms with Crippen LogP contribution in [-0.4, -0.2) is 37.1 Å². The number of halogens is 1. The first-order chi connectivity index (χ1) is 7.01. The summed E-state index contributed by atoms with van der Waals surface area (Å²) in [6.45, 7) is 3.30. The molecule has 0 aromatic rings. The largest absolute Gasteiger partial charge is 0.328 e. The van der Waals surface area contributed by atoms with Crippen molar-refractivity contribution in [3.8, 4) is 0 Å². The standard InChI is InChI=1S/C10H20N2O2S.ClH/c1-8(11)9-3-2-6-12(7-9)15(13,14)10-4-5-10;/h8-10H,2-7,11H2,1H3;1H. The van der Waals surface area contributed by atoms with Crippen LogP contribution in [0, 0.1) is 5.92 Å². The second-order valence-electron chi connectivity index (χ2n) is 4.86. The van der Waals surface area contributed by atoms with E-state index in [1.54, 1.807) is 4.31 Å². The first-order valence-corrected chi connectivity index (χ1v) is 7.26. The van der Waals surface area contributed by atoms with Crippen LogP contribution >= 0.6 is 12.4 Å². The quantitative estimate of drug-likeness (QED) is 0.829. The zero-order valence-corrected chi connectivity index (χ0v) is 11.3. The van der Waals surface area contributed by atoms with Gasteiger partial charge in [-0.3, -0.25) is 0 Å². The van der Waals surface area contributed by atoms with Gasteiger partial charge in [0.2, 0.25) is 10.0 Å². The lowest BCUT2D eigenvalue weighted by Crippen LogP contribution is -2.46. The Morgan fingerprint density at radius 1 is 1.31 bits per heavy atom. The molecule has 96 valence electrons. The van der Waals surface area contributed by atoms with Crippen molar-refractivity contribution in [2.45, 2.75) is 43.9 Å². The summed E-state index contributed by atoms with van der Waals surface area (Å²) >= 11 is 0. The molecule has 0 aromatic heterocycles. The minimum Gasteiger partial charge on any atom is -0.328 e. The molecule has 2 rings (SSSR count). The summed E-state index contributed by atoms with van der Waals surface area (Å²) in [5.41, 5.74) is 5.84. The molecule has 6 heteroatoms. The second kappa shape index (κ2) is 5.21. The van der Waals surface area contributed by atoms with Crippen LogP contribution < -0.4 is 5.73 Å². The lowest BCUT2D eigenvalue weighted by molar-refractivity contribution is 0.243. The molecule has 0 radical (unpaired) electrons. The van der Waals surface area contributed by atoms with E-state index in [4.69, 9.17) is 5.73 Å². The van der Waals surface area contributed by atoms with Gasteiger partial charge in [-0.25, -0.2) is 12.7 Å². The highest BCUT2D eigenvalue weighted by molar-refractivity contribution is 7.90. The van der Waals surface area contributed by atoms with E-state index in [9.17, 15) is 8.42 Å². The fraction of sp³-hybridized carbons (Fsp3) is 1.00. The van der Waals surface area contributed by atoms with Crippen LogP contribution in [0.25, 0.3) is 0 Å². The molecule has 2 atom stereocenters. The third-order valence-corrected chi connectivity index (χ3v) is 5.83. The van der Waals surface area contributed by atoms with E-state index >= 15 is 0 Å². The van der Waals surface area contributed by atoms with E-state index < -0.39 is 10.0 Å². The zero-order valence-electron chi connectivity index (χ0n) is 9.63. The Morgan fingerprint density at radius 3 is 2.44 bits per heavy atom. The molecule has 0 bridgehead atoms. The third kappa shape index (κ3) is 2.88. The van der Waals surface area contributed by atoms with Crippen LogP contribution in [0.15, 0.2) is 0 Å². The molecule has 2 unspecified atom stereocenters. The molecule has 0 spiro atoms. The predicted molar refractivity (Wildman–Crippen MR) is 67.1 cm³/mol. The summed E-state index contributed by atoms with van der Waals surface area (Å²) in [5, 5.41) is -0.0793. The lowest BCUT2D eigenvalue weighted by atomic mass is 9.93. The Morgan fingerprint density at radius 2 is 1.94 bits per heavy atom. The van der Waals surface area contributed by atoms with Gasteiger partial charge in [-0.05, 0) is 38.5 Å². The van der Waals surface area contributed by atoms with Crippen LogP contribution in [0.4, 0.5) is 0 Å². The molecule has 1 aliphatic carbocycles. The van der Waals surface area contributed by atoms with Gasteiger partial charge in [0.05, 0.1) is 5.25 Å². The second-order valence-corrected chi connectivity index (χ2v) is 7.08. The van der Waals surface area contributed by atoms with Crippen molar-refractivity contribution in [1.82, 2.24) is 4.31 Å². The first-order valence-electron chi connectivity index (χ1n) is 5.76. The van der Waals surface area contributed by atoms with Gasteiger partial charge in [0, 0.05) is 19.1 Å². The topological polar surface area (TPSA) is 63.4 Å². The highest BCUT2D eigenvalue weighted by Crippen LogP contribution is 2.33. The maximum Gasteiger partial charge on any atom is 0.216 e. The Hall–Kier alpha value is 0.160. The highest BCUT2D eigenvalue weighted by atomic mass is 35.5. The minimum atomic E-state index is -2.98. The van der Waals surface area contributed by atoms with Crippen molar-refractivity contribution in [1.29, 1.82) is 0 Å². The maximum atomic E-state index is 12.0. The van der Waals surface area contributed by atoms with Crippen molar-refractivity contribution in [3.05, 3.63) is 0 Å². The van der Waals surface area contributed by atoms with Crippen LogP contribution in [0.5, 0.6) is 0 Å². The highest BCUT2D eigenvalue weighted by Gasteiger charge is 2.41. The van der Waals surface area contributed by atoms with Crippen LogP contribution in [0.1, 0.15) is 32.6 Å². The summed E-state index contributed by atoms with van der Waals surface area (Å²) in [6.07, 6.45) is 3.72. The molecule has 1 saturated heterocycles. The molecule has 0 aromatic carbocycles. The van der Waals surface area contributed by atoms with Crippen molar-refractivity contribution >= 4 is 22.4 Å². The van der Waals surface area contributed by atoms with E-state index in [1.807, 2.05) is 6.92 Å². The third-order valence-electron chi connectivity index (χ3n) is 3.47. The Labute approximate surface area is 104 Å². The van der Waals surface area contributed by atoms with E-state index in [0.29, 0.717) is 19.0 Å². The number of piperidine rings is 1. The molecule has 1 saturated carbocycles. The summed E-state index contributed by atoms with van der Waals surface area (Å²) < 4.78 is 25.7. The lowest BCUT2D eigenvalue weighted by Gasteiger charge is -2.33. The smallest absolute Gasteiger partial charge is 0.216 e. The monoisotopic (exact) mass is 268 g/mol. The van der Waals surface area contributed by atoms with Gasteiger partial charge in [0.25, 0.3) is 0 Å². The van der Waals surface area contributed by atoms with E-state index in [2.05, 4.69) is 0 Å². The van der Waals surface area contributed by atoms with E-state index in [0.717, 1.165) is 25.7 Å². The van der Waals surface area contributed by atoms with Gasteiger partial charge in [0.15, 0.2) is 0 Å². The molecule has 1 aliphatic heterocycles. The Bertz CT molecular complexity index is 328. The molecule has 2 aliphatic rings. The van der Waals surface area contributed by atoms with E-state index in [-0.39, 0.29) is 23.7 Å². The fourth-order valence-corrected chi connectivity index (χ4v) is 4.15. The molecule has 2 N–H and O–H groups in total. The maximum absolute atomic E-state index is 12.0. The molecule has 2 fully saturated rings. The molecular formula is C10H21ClN2O2S. The van der Waals surface area contributed by atoms with Gasteiger partial charge in [-0.1, -0.05) is 0 Å². The SMILES string of the molecule is CC(N)C1CCCN(S(=O)(=O)C2CC2)C1.Cl. The number of sulfonamides is 1. The van der Waals surface area contributed by atoms with Crippen molar-refractivity contribution in [2.24, 2.45) is 11.7 Å². The van der Waals surface area contributed by atoms with Crippen LogP contribution in [0.3, 0.4) is 0 Å². The fourth-order valence-electron chi connectivity index (χ4n) is 2.21. The van der Waals surface area contributed by atoms with Crippen molar-refractivity contribution in [3.63, 3.8) is 0 Å². The zero-order chi connectivity index (χ0) is 11.1. The summed E-state index contributed by atoms with van der Waals surface area (Å²) in [7, 11) is -2.98. The predicted octanol–water partition coefficient (Wildman–Crippen LogP) is 0.960. The molecule has 0 amide bonds. The van der Waals surface area contributed by atoms with Crippen molar-refractivity contribution in [2.75, 3.05) is 13.1 Å². The summed E-state index contributed by atoms with van der Waals surface area (Å²) in [4.78, 5) is 0. The normalized spacial score (nSPS) is 29.5. The van der Waals surface area contributed by atoms with Gasteiger partial charge in [-0.2, -0.15) is 0 Å². The molecule has 16 heavy (non-hydrogen) atoms. The number of nitrogens with zero attached hydrogens (tertiary/aromatic N) is 1. The number of hydrogen-bond acceptors (Lipinski definition) is 3. The Balaban J connectivity index is 0.00000128. The molecule has 1 heterocycles. The van der Waals surface area contributed by atoms with Gasteiger partial charge >= 0.3 is 0 Å². The van der Waals surface area contributed by atoms with Crippen LogP contribution in [0.2, 0.25) is 0 Å².